The minimum atomic E-state index is 0.828. The zero-order valence-electron chi connectivity index (χ0n) is 13.3. The number of anilines is 1. The fourth-order valence-electron chi connectivity index (χ4n) is 2.47. The molecule has 3 heteroatoms. The smallest absolute Gasteiger partial charge is 0.0648 e. The highest BCUT2D eigenvalue weighted by molar-refractivity contribution is 14.1. The van der Waals surface area contributed by atoms with Crippen molar-refractivity contribution in [1.82, 2.24) is 0 Å². The van der Waals surface area contributed by atoms with Gasteiger partial charge in [-0.3, -0.25) is 0 Å². The molecular weight excluding hydrogens is 393 g/mol. The number of hydrogen-bond acceptors (Lipinski definition) is 1. The maximum atomic E-state index is 6.20. The molecule has 0 heterocycles. The van der Waals surface area contributed by atoms with Crippen molar-refractivity contribution in [2.45, 2.75) is 71.1 Å². The molecule has 1 N–H and O–H groups in total. The van der Waals surface area contributed by atoms with E-state index >= 15 is 0 Å². The average Bonchev–Trinajstić information content (AvgIpc) is 2.46. The van der Waals surface area contributed by atoms with Crippen LogP contribution in [0, 0.1) is 3.57 Å². The van der Waals surface area contributed by atoms with Gasteiger partial charge in [0.2, 0.25) is 0 Å². The van der Waals surface area contributed by atoms with Gasteiger partial charge in [0.25, 0.3) is 0 Å². The van der Waals surface area contributed by atoms with Gasteiger partial charge in [-0.05, 0) is 47.2 Å². The molecule has 1 rings (SSSR count). The van der Waals surface area contributed by atoms with Crippen molar-refractivity contribution >= 4 is 39.9 Å². The molecule has 0 spiro atoms. The van der Waals surface area contributed by atoms with Crippen LogP contribution >= 0.6 is 34.2 Å². The summed E-state index contributed by atoms with van der Waals surface area (Å²) in [7, 11) is 0. The van der Waals surface area contributed by atoms with E-state index in [4.69, 9.17) is 11.6 Å². The summed E-state index contributed by atoms with van der Waals surface area (Å²) in [5.41, 5.74) is 1.06. The average molecular weight is 422 g/mol. The molecule has 21 heavy (non-hydrogen) atoms. The summed E-state index contributed by atoms with van der Waals surface area (Å²) in [5.74, 6) is 0. The van der Waals surface area contributed by atoms with Crippen LogP contribution in [0.15, 0.2) is 18.2 Å². The van der Waals surface area contributed by atoms with Gasteiger partial charge < -0.3 is 5.32 Å². The summed E-state index contributed by atoms with van der Waals surface area (Å²) in [6.07, 6.45) is 13.8. The number of halogens is 2. The molecule has 0 aliphatic carbocycles. The van der Waals surface area contributed by atoms with Crippen LogP contribution in [0.5, 0.6) is 0 Å². The van der Waals surface area contributed by atoms with Gasteiger partial charge in [-0.15, -0.1) is 0 Å². The number of nitrogens with one attached hydrogen (secondary N) is 1. The second-order valence-electron chi connectivity index (χ2n) is 5.73. The highest BCUT2D eigenvalue weighted by atomic mass is 127. The van der Waals surface area contributed by atoms with Crippen molar-refractivity contribution in [2.75, 3.05) is 11.9 Å². The molecule has 120 valence electrons. The molecule has 0 aromatic heterocycles. The minimum Gasteiger partial charge on any atom is -0.384 e. The van der Waals surface area contributed by atoms with Crippen LogP contribution in [0.25, 0.3) is 0 Å². The third-order valence-corrected chi connectivity index (χ3v) is 4.76. The van der Waals surface area contributed by atoms with Crippen molar-refractivity contribution in [3.05, 3.63) is 26.8 Å². The molecule has 0 saturated carbocycles. The second kappa shape index (κ2) is 12.6. The lowest BCUT2D eigenvalue weighted by molar-refractivity contribution is 0.560. The van der Waals surface area contributed by atoms with Gasteiger partial charge in [-0.1, -0.05) is 76.3 Å². The first-order valence-corrected chi connectivity index (χ1v) is 9.88. The van der Waals surface area contributed by atoms with E-state index in [1.165, 1.54) is 67.8 Å². The summed E-state index contributed by atoms with van der Waals surface area (Å²) in [6, 6.07) is 6.16. The van der Waals surface area contributed by atoms with Crippen molar-refractivity contribution < 1.29 is 0 Å². The van der Waals surface area contributed by atoms with Gasteiger partial charge >= 0.3 is 0 Å². The summed E-state index contributed by atoms with van der Waals surface area (Å²) >= 11 is 8.48. The topological polar surface area (TPSA) is 12.0 Å². The number of unbranched alkanes of at least 4 members (excludes halogenated alkanes) is 9. The van der Waals surface area contributed by atoms with Gasteiger partial charge in [0.1, 0.15) is 0 Å². The zero-order chi connectivity index (χ0) is 15.3. The summed E-state index contributed by atoms with van der Waals surface area (Å²) in [4.78, 5) is 0. The lowest BCUT2D eigenvalue weighted by atomic mass is 10.1. The Morgan fingerprint density at radius 3 is 2.05 bits per heavy atom. The molecule has 0 amide bonds. The van der Waals surface area contributed by atoms with E-state index in [-0.39, 0.29) is 0 Å². The molecule has 0 fully saturated rings. The Kier molecular flexibility index (Phi) is 11.4. The Bertz CT molecular complexity index is 381. The van der Waals surface area contributed by atoms with Gasteiger partial charge in [-0.25, -0.2) is 0 Å². The third kappa shape index (κ3) is 9.62. The standard InChI is InChI=1S/C18H29ClIN/c1-2-3-4-5-6-7-8-9-10-11-14-21-18-13-12-16(20)15-17(18)19/h12-13,15,21H,2-11,14H2,1H3. The van der Waals surface area contributed by atoms with Crippen LogP contribution in [0.1, 0.15) is 71.1 Å². The van der Waals surface area contributed by atoms with Crippen LogP contribution in [0.4, 0.5) is 5.69 Å². The minimum absolute atomic E-state index is 0.828. The predicted molar refractivity (Wildman–Crippen MR) is 105 cm³/mol. The molecule has 0 aliphatic heterocycles. The van der Waals surface area contributed by atoms with Gasteiger partial charge in [0.05, 0.1) is 10.7 Å². The summed E-state index contributed by atoms with van der Waals surface area (Å²) < 4.78 is 1.18. The Balaban J connectivity index is 1.93. The van der Waals surface area contributed by atoms with Gasteiger partial charge in [-0.2, -0.15) is 0 Å². The van der Waals surface area contributed by atoms with E-state index in [0.717, 1.165) is 17.3 Å². The largest absolute Gasteiger partial charge is 0.384 e. The predicted octanol–water partition coefficient (Wildman–Crippen LogP) is 7.28. The van der Waals surface area contributed by atoms with E-state index in [0.29, 0.717) is 0 Å². The fourth-order valence-corrected chi connectivity index (χ4v) is 3.39. The molecular formula is C18H29ClIN. The molecule has 0 bridgehead atoms. The quantitative estimate of drug-likeness (QED) is 0.276. The molecule has 0 radical (unpaired) electrons. The van der Waals surface area contributed by atoms with Crippen LogP contribution in [-0.4, -0.2) is 6.54 Å². The molecule has 1 nitrogen and oxygen atoms in total. The molecule has 0 atom stereocenters. The van der Waals surface area contributed by atoms with Gasteiger partial charge in [0.15, 0.2) is 0 Å². The molecule has 1 aromatic carbocycles. The van der Waals surface area contributed by atoms with E-state index in [1.807, 2.05) is 6.07 Å². The van der Waals surface area contributed by atoms with E-state index in [1.54, 1.807) is 0 Å². The van der Waals surface area contributed by atoms with Crippen LogP contribution in [-0.2, 0) is 0 Å². The van der Waals surface area contributed by atoms with Crippen molar-refractivity contribution in [3.63, 3.8) is 0 Å². The summed E-state index contributed by atoms with van der Waals surface area (Å²) in [6.45, 7) is 3.30. The number of benzene rings is 1. The second-order valence-corrected chi connectivity index (χ2v) is 7.39. The van der Waals surface area contributed by atoms with Crippen LogP contribution < -0.4 is 5.32 Å². The zero-order valence-corrected chi connectivity index (χ0v) is 16.2. The van der Waals surface area contributed by atoms with Crippen molar-refractivity contribution in [1.29, 1.82) is 0 Å². The van der Waals surface area contributed by atoms with Crippen LogP contribution in [0.2, 0.25) is 5.02 Å². The van der Waals surface area contributed by atoms with E-state index < -0.39 is 0 Å². The first kappa shape index (κ1) is 19.1. The lowest BCUT2D eigenvalue weighted by Crippen LogP contribution is -2.02. The Hall–Kier alpha value is 0.0400. The first-order chi connectivity index (χ1) is 10.2. The van der Waals surface area contributed by atoms with Gasteiger partial charge in [0, 0.05) is 10.1 Å². The highest BCUT2D eigenvalue weighted by Crippen LogP contribution is 2.23. The molecule has 0 saturated heterocycles. The maximum Gasteiger partial charge on any atom is 0.0648 e. The normalized spacial score (nSPS) is 10.8. The number of hydrogen-bond donors (Lipinski definition) is 1. The van der Waals surface area contributed by atoms with E-state index in [9.17, 15) is 0 Å². The van der Waals surface area contributed by atoms with Crippen molar-refractivity contribution in [3.8, 4) is 0 Å². The third-order valence-electron chi connectivity index (χ3n) is 3.78. The van der Waals surface area contributed by atoms with E-state index in [2.05, 4.69) is 47.0 Å². The lowest BCUT2D eigenvalue weighted by Gasteiger charge is -2.08. The number of rotatable bonds is 12. The van der Waals surface area contributed by atoms with Crippen LogP contribution in [0.3, 0.4) is 0 Å². The molecule has 0 aliphatic rings. The van der Waals surface area contributed by atoms with Crippen molar-refractivity contribution in [2.24, 2.45) is 0 Å². The Morgan fingerprint density at radius 1 is 0.905 bits per heavy atom. The monoisotopic (exact) mass is 421 g/mol. The fraction of sp³-hybridized carbons (Fsp3) is 0.667. The highest BCUT2D eigenvalue weighted by Gasteiger charge is 1.99. The maximum absolute atomic E-state index is 6.20. The molecule has 0 unspecified atom stereocenters. The molecule has 1 aromatic rings. The summed E-state index contributed by atoms with van der Waals surface area (Å²) in [5, 5.41) is 4.26. The first-order valence-electron chi connectivity index (χ1n) is 8.43. The Morgan fingerprint density at radius 2 is 1.48 bits per heavy atom. The SMILES string of the molecule is CCCCCCCCCCCCNc1ccc(I)cc1Cl. The Labute approximate surface area is 149 Å².